The quantitative estimate of drug-likeness (QED) is 0.230. The molecule has 0 bridgehead atoms. The number of phenols is 2. The summed E-state index contributed by atoms with van der Waals surface area (Å²) in [6.07, 6.45) is -8.13. The van der Waals surface area contributed by atoms with Gasteiger partial charge in [-0.25, -0.2) is 0 Å². The van der Waals surface area contributed by atoms with Gasteiger partial charge in [-0.05, 0) is 12.1 Å². The fraction of sp³-hybridized carbons (Fsp3) is 0.348. The fourth-order valence-electron chi connectivity index (χ4n) is 3.86. The van der Waals surface area contributed by atoms with Gasteiger partial charge >= 0.3 is 0 Å². The van der Waals surface area contributed by atoms with Crippen molar-refractivity contribution < 1.29 is 59.1 Å². The van der Waals surface area contributed by atoms with Gasteiger partial charge in [0.15, 0.2) is 17.3 Å². The zero-order valence-electron chi connectivity index (χ0n) is 19.0. The number of aliphatic hydroxyl groups is 4. The number of hydrogen-bond donors (Lipinski definition) is 7. The lowest BCUT2D eigenvalue weighted by atomic mass is 9.99. The Labute approximate surface area is 202 Å². The van der Waals surface area contributed by atoms with Gasteiger partial charge in [0.2, 0.25) is 23.2 Å². The molecule has 3 aromatic rings. The molecule has 1 aliphatic rings. The van der Waals surface area contributed by atoms with Crippen LogP contribution in [0.5, 0.6) is 34.5 Å². The van der Waals surface area contributed by atoms with E-state index in [1.807, 2.05) is 0 Å². The standard InChI is InChI=1S/C23H24O13/c1-32-12-3-8(4-13(33-2)16(12)26)22-20(30)18(28)15-10(34-22)5-9(25)6-11(15)35-23-21(31)19(29)17(27)14(7-24)36-23/h3-6,14,17,19,21,23-27,29-31H,7H2,1-2H3/t14?,17-,19?,21+,23+/m1/s1. The van der Waals surface area contributed by atoms with Crippen molar-refractivity contribution in [3.05, 3.63) is 34.5 Å². The molecule has 36 heavy (non-hydrogen) atoms. The topological polar surface area (TPSA) is 209 Å². The van der Waals surface area contributed by atoms with Gasteiger partial charge in [-0.15, -0.1) is 0 Å². The van der Waals surface area contributed by atoms with Crippen molar-refractivity contribution in [2.75, 3.05) is 20.8 Å². The predicted octanol–water partition coefficient (Wildman–Crippen LogP) is -0.227. The zero-order valence-corrected chi connectivity index (χ0v) is 19.0. The van der Waals surface area contributed by atoms with Gasteiger partial charge in [-0.3, -0.25) is 4.79 Å². The molecule has 0 spiro atoms. The Balaban J connectivity index is 1.84. The Hall–Kier alpha value is -3.75. The highest BCUT2D eigenvalue weighted by atomic mass is 16.7. The van der Waals surface area contributed by atoms with Crippen LogP contribution in [-0.4, -0.2) is 87.3 Å². The van der Waals surface area contributed by atoms with Crippen LogP contribution in [-0.2, 0) is 4.74 Å². The number of aromatic hydroxyl groups is 3. The first-order valence-electron chi connectivity index (χ1n) is 10.6. The van der Waals surface area contributed by atoms with Crippen molar-refractivity contribution in [1.29, 1.82) is 0 Å². The summed E-state index contributed by atoms with van der Waals surface area (Å²) in [5, 5.41) is 70.3. The molecule has 1 aliphatic heterocycles. The van der Waals surface area contributed by atoms with E-state index in [1.165, 1.54) is 26.4 Å². The summed E-state index contributed by atoms with van der Waals surface area (Å²) >= 11 is 0. The summed E-state index contributed by atoms with van der Waals surface area (Å²) < 4.78 is 26.7. The second kappa shape index (κ2) is 9.72. The number of methoxy groups -OCH3 is 2. The Kier molecular flexibility index (Phi) is 6.84. The molecule has 13 heteroatoms. The third-order valence-corrected chi connectivity index (χ3v) is 5.75. The van der Waals surface area contributed by atoms with Crippen molar-refractivity contribution in [3.8, 4) is 45.8 Å². The van der Waals surface area contributed by atoms with Crippen molar-refractivity contribution in [3.63, 3.8) is 0 Å². The van der Waals surface area contributed by atoms with E-state index in [9.17, 15) is 40.5 Å². The molecule has 2 aromatic carbocycles. The van der Waals surface area contributed by atoms with Gasteiger partial charge in [-0.2, -0.15) is 0 Å². The van der Waals surface area contributed by atoms with Crippen LogP contribution in [0.3, 0.4) is 0 Å². The lowest BCUT2D eigenvalue weighted by Gasteiger charge is -2.39. The predicted molar refractivity (Wildman–Crippen MR) is 120 cm³/mol. The molecule has 0 radical (unpaired) electrons. The lowest BCUT2D eigenvalue weighted by molar-refractivity contribution is -0.277. The second-order valence-corrected chi connectivity index (χ2v) is 7.97. The molecular weight excluding hydrogens is 484 g/mol. The molecule has 13 nitrogen and oxygen atoms in total. The molecule has 0 amide bonds. The molecule has 0 aliphatic carbocycles. The highest BCUT2D eigenvalue weighted by Gasteiger charge is 2.45. The van der Waals surface area contributed by atoms with Crippen LogP contribution in [0.1, 0.15) is 0 Å². The Morgan fingerprint density at radius 3 is 2.08 bits per heavy atom. The number of rotatable bonds is 6. The largest absolute Gasteiger partial charge is 0.508 e. The minimum absolute atomic E-state index is 0.0333. The summed E-state index contributed by atoms with van der Waals surface area (Å²) in [5.41, 5.74) is -1.13. The van der Waals surface area contributed by atoms with E-state index in [0.717, 1.165) is 12.1 Å². The third-order valence-electron chi connectivity index (χ3n) is 5.75. The Bertz CT molecular complexity index is 1310. The smallest absolute Gasteiger partial charge is 0.238 e. The average Bonchev–Trinajstić information content (AvgIpc) is 2.86. The molecule has 1 fully saturated rings. The number of benzene rings is 2. The van der Waals surface area contributed by atoms with Gasteiger partial charge in [0, 0.05) is 17.7 Å². The third kappa shape index (κ3) is 4.23. The van der Waals surface area contributed by atoms with Gasteiger partial charge < -0.3 is 59.1 Å². The first-order chi connectivity index (χ1) is 17.1. The SMILES string of the molecule is COc1cc(-c2oc3cc(O)cc(O[C@H]4OC(CO)[C@@H](O)C(O)[C@@H]4O)c3c(=O)c2O)cc(OC)c1O. The number of hydrogen-bond acceptors (Lipinski definition) is 13. The van der Waals surface area contributed by atoms with Crippen molar-refractivity contribution in [2.45, 2.75) is 30.7 Å². The molecule has 5 atom stereocenters. The summed E-state index contributed by atoms with van der Waals surface area (Å²) in [6, 6.07) is 4.65. The van der Waals surface area contributed by atoms with Crippen LogP contribution in [0, 0.1) is 0 Å². The van der Waals surface area contributed by atoms with Crippen LogP contribution in [0.4, 0.5) is 0 Å². The molecule has 2 heterocycles. The highest BCUT2D eigenvalue weighted by Crippen LogP contribution is 2.43. The highest BCUT2D eigenvalue weighted by molar-refractivity contribution is 5.88. The summed E-state index contributed by atoms with van der Waals surface area (Å²) in [6.45, 7) is -0.711. The fourth-order valence-corrected chi connectivity index (χ4v) is 3.86. The molecule has 2 unspecified atom stereocenters. The Morgan fingerprint density at radius 2 is 1.50 bits per heavy atom. The number of aliphatic hydroxyl groups excluding tert-OH is 4. The van der Waals surface area contributed by atoms with Crippen LogP contribution in [0.15, 0.2) is 33.5 Å². The number of phenolic OH excluding ortho intramolecular Hbond substituents is 2. The van der Waals surface area contributed by atoms with E-state index >= 15 is 0 Å². The number of ether oxygens (including phenoxy) is 4. The molecular formula is C23H24O13. The van der Waals surface area contributed by atoms with Crippen LogP contribution >= 0.6 is 0 Å². The first-order valence-corrected chi connectivity index (χ1v) is 10.6. The van der Waals surface area contributed by atoms with Crippen LogP contribution in [0.2, 0.25) is 0 Å². The van der Waals surface area contributed by atoms with E-state index in [0.29, 0.717) is 0 Å². The molecule has 4 rings (SSSR count). The second-order valence-electron chi connectivity index (χ2n) is 7.97. The summed E-state index contributed by atoms with van der Waals surface area (Å²) in [7, 11) is 2.57. The first kappa shape index (κ1) is 25.3. The van der Waals surface area contributed by atoms with Gasteiger partial charge in [0.05, 0.1) is 20.8 Å². The molecule has 0 saturated carbocycles. The lowest BCUT2D eigenvalue weighted by Crippen LogP contribution is -2.60. The van der Waals surface area contributed by atoms with Crippen molar-refractivity contribution in [2.24, 2.45) is 0 Å². The van der Waals surface area contributed by atoms with Crippen molar-refractivity contribution in [1.82, 2.24) is 0 Å². The van der Waals surface area contributed by atoms with Crippen LogP contribution < -0.4 is 19.6 Å². The summed E-state index contributed by atoms with van der Waals surface area (Å²) in [4.78, 5) is 13.2. The minimum Gasteiger partial charge on any atom is -0.508 e. The van der Waals surface area contributed by atoms with Crippen molar-refractivity contribution >= 4 is 11.0 Å². The normalized spacial score (nSPS) is 24.0. The van der Waals surface area contributed by atoms with E-state index in [4.69, 9.17) is 23.4 Å². The van der Waals surface area contributed by atoms with Gasteiger partial charge in [-0.1, -0.05) is 0 Å². The monoisotopic (exact) mass is 508 g/mol. The molecule has 1 aromatic heterocycles. The number of fused-ring (bicyclic) bond motifs is 1. The summed E-state index contributed by atoms with van der Waals surface area (Å²) in [5.74, 6) is -2.40. The maximum absolute atomic E-state index is 13.2. The minimum atomic E-state index is -1.79. The molecule has 1 saturated heterocycles. The zero-order chi connectivity index (χ0) is 26.3. The average molecular weight is 508 g/mol. The molecule has 194 valence electrons. The van der Waals surface area contributed by atoms with Crippen LogP contribution in [0.25, 0.3) is 22.3 Å². The van der Waals surface area contributed by atoms with E-state index < -0.39 is 54.2 Å². The van der Waals surface area contributed by atoms with E-state index in [1.54, 1.807) is 0 Å². The van der Waals surface area contributed by atoms with E-state index in [2.05, 4.69) is 0 Å². The van der Waals surface area contributed by atoms with E-state index in [-0.39, 0.29) is 45.3 Å². The molecule has 7 N–H and O–H groups in total. The maximum Gasteiger partial charge on any atom is 0.238 e. The Morgan fingerprint density at radius 1 is 0.861 bits per heavy atom. The van der Waals surface area contributed by atoms with Gasteiger partial charge in [0.1, 0.15) is 46.9 Å². The van der Waals surface area contributed by atoms with Gasteiger partial charge in [0.25, 0.3) is 0 Å². The maximum atomic E-state index is 13.2.